The fraction of sp³-hybridized carbons (Fsp3) is 0.200. The van der Waals surface area contributed by atoms with Crippen molar-refractivity contribution in [2.75, 3.05) is 25.6 Å². The molecule has 2 N–H and O–H groups in total. The number of methoxy groups -OCH3 is 1. The van der Waals surface area contributed by atoms with Gasteiger partial charge in [-0.1, -0.05) is 24.3 Å². The minimum atomic E-state index is -0.150. The van der Waals surface area contributed by atoms with E-state index < -0.39 is 0 Å². The van der Waals surface area contributed by atoms with Gasteiger partial charge in [0.2, 0.25) is 5.56 Å². The highest BCUT2D eigenvalue weighted by Crippen LogP contribution is 2.21. The molecule has 0 saturated heterocycles. The lowest BCUT2D eigenvalue weighted by molar-refractivity contribution is 0.175. The number of ether oxygens (including phenoxy) is 1. The van der Waals surface area contributed by atoms with Crippen molar-refractivity contribution in [1.82, 2.24) is 20.2 Å². The summed E-state index contributed by atoms with van der Waals surface area (Å²) in [5, 5.41) is 12.5. The number of fused-ring (bicyclic) bond motifs is 2. The fourth-order valence-electron chi connectivity index (χ4n) is 3.17. The molecule has 148 valence electrons. The molecule has 0 bridgehead atoms. The van der Waals surface area contributed by atoms with Gasteiger partial charge in [0.1, 0.15) is 5.52 Å². The van der Waals surface area contributed by atoms with E-state index in [9.17, 15) is 4.79 Å². The molecule has 4 rings (SSSR count). The number of benzene rings is 2. The minimum absolute atomic E-state index is 0.150. The summed E-state index contributed by atoms with van der Waals surface area (Å²) in [5.41, 5.74) is 3.46. The molecule has 29 heavy (non-hydrogen) atoms. The van der Waals surface area contributed by atoms with Crippen LogP contribution in [0.25, 0.3) is 21.9 Å². The van der Waals surface area contributed by atoms with Crippen LogP contribution >= 0.6 is 12.2 Å². The number of nitrogens with zero attached hydrogens (tertiary/aromatic N) is 3. The average Bonchev–Trinajstić information content (AvgIpc) is 3.20. The standard InChI is InChI=1S/C20H19N5O3S/c1-27-10-9-25(12-13-11-18(26)21-15-6-3-2-5-14(13)15)20(29)22-16-7-4-8-17-19(16)24-28-23-17/h2-8,11H,9-10,12H2,1H3,(H,21,26)(H,22,29). The van der Waals surface area contributed by atoms with Crippen LogP contribution in [0.5, 0.6) is 0 Å². The van der Waals surface area contributed by atoms with Crippen molar-refractivity contribution in [2.45, 2.75) is 6.54 Å². The lowest BCUT2D eigenvalue weighted by atomic mass is 10.1. The van der Waals surface area contributed by atoms with Gasteiger partial charge in [0, 0.05) is 37.2 Å². The van der Waals surface area contributed by atoms with Gasteiger partial charge in [-0.3, -0.25) is 4.79 Å². The molecule has 0 amide bonds. The van der Waals surface area contributed by atoms with Crippen molar-refractivity contribution in [3.63, 3.8) is 0 Å². The zero-order valence-corrected chi connectivity index (χ0v) is 16.5. The lowest BCUT2D eigenvalue weighted by Gasteiger charge is -2.26. The Hall–Kier alpha value is -3.30. The topological polar surface area (TPSA) is 96.3 Å². The van der Waals surface area contributed by atoms with Crippen LogP contribution in [0.4, 0.5) is 5.69 Å². The summed E-state index contributed by atoms with van der Waals surface area (Å²) in [6.07, 6.45) is 0. The first-order valence-corrected chi connectivity index (χ1v) is 9.43. The fourth-order valence-corrected chi connectivity index (χ4v) is 3.43. The van der Waals surface area contributed by atoms with Gasteiger partial charge < -0.3 is 19.9 Å². The van der Waals surface area contributed by atoms with Crippen LogP contribution in [-0.4, -0.2) is 45.6 Å². The molecular weight excluding hydrogens is 390 g/mol. The summed E-state index contributed by atoms with van der Waals surface area (Å²) in [4.78, 5) is 16.9. The van der Waals surface area contributed by atoms with Crippen LogP contribution in [0.3, 0.4) is 0 Å². The Morgan fingerprint density at radius 1 is 1.24 bits per heavy atom. The number of para-hydroxylation sites is 1. The maximum atomic E-state index is 12.1. The van der Waals surface area contributed by atoms with E-state index in [4.69, 9.17) is 21.6 Å². The molecule has 0 aliphatic rings. The first kappa shape index (κ1) is 19.0. The van der Waals surface area contributed by atoms with Gasteiger partial charge in [-0.05, 0) is 46.3 Å². The van der Waals surface area contributed by atoms with Gasteiger partial charge >= 0.3 is 0 Å². The number of thiocarbonyl (C=S) groups is 1. The van der Waals surface area contributed by atoms with Crippen LogP contribution in [0, 0.1) is 0 Å². The summed E-state index contributed by atoms with van der Waals surface area (Å²) in [6.45, 7) is 1.49. The first-order valence-electron chi connectivity index (χ1n) is 9.03. The Bertz CT molecular complexity index is 1220. The van der Waals surface area contributed by atoms with Crippen LogP contribution in [0.1, 0.15) is 5.56 Å². The molecule has 8 nitrogen and oxygen atoms in total. The third-order valence-corrected chi connectivity index (χ3v) is 4.94. The monoisotopic (exact) mass is 409 g/mol. The lowest BCUT2D eigenvalue weighted by Crippen LogP contribution is -2.37. The van der Waals surface area contributed by atoms with Crippen LogP contribution < -0.4 is 10.9 Å². The van der Waals surface area contributed by atoms with E-state index in [2.05, 4.69) is 20.6 Å². The van der Waals surface area contributed by atoms with Crippen molar-refractivity contribution >= 4 is 45.0 Å². The Morgan fingerprint density at radius 3 is 2.97 bits per heavy atom. The van der Waals surface area contributed by atoms with Gasteiger partial charge in [0.25, 0.3) is 0 Å². The van der Waals surface area contributed by atoms with Crippen LogP contribution in [0.2, 0.25) is 0 Å². The molecule has 0 aliphatic carbocycles. The van der Waals surface area contributed by atoms with E-state index in [0.717, 1.165) is 16.5 Å². The van der Waals surface area contributed by atoms with E-state index >= 15 is 0 Å². The van der Waals surface area contributed by atoms with E-state index in [-0.39, 0.29) is 5.56 Å². The first-order chi connectivity index (χ1) is 14.2. The van der Waals surface area contributed by atoms with Gasteiger partial charge in [-0.15, -0.1) is 0 Å². The molecule has 0 atom stereocenters. The number of aromatic amines is 1. The SMILES string of the molecule is COCCN(Cc1cc(=O)[nH]c2ccccc12)C(=S)Nc1cccc2nonc12. The molecule has 4 aromatic rings. The molecule has 0 fully saturated rings. The zero-order chi connectivity index (χ0) is 20.2. The zero-order valence-electron chi connectivity index (χ0n) is 15.7. The number of anilines is 1. The maximum absolute atomic E-state index is 12.1. The van der Waals surface area contributed by atoms with Gasteiger partial charge in [-0.2, -0.15) is 0 Å². The van der Waals surface area contributed by atoms with E-state index in [1.807, 2.05) is 47.4 Å². The number of aromatic nitrogens is 3. The highest BCUT2D eigenvalue weighted by Gasteiger charge is 2.15. The molecule has 0 radical (unpaired) electrons. The van der Waals surface area contributed by atoms with Gasteiger partial charge in [0.05, 0.1) is 12.3 Å². The molecular formula is C20H19N5O3S. The Morgan fingerprint density at radius 2 is 2.10 bits per heavy atom. The summed E-state index contributed by atoms with van der Waals surface area (Å²) in [5.74, 6) is 0. The van der Waals surface area contributed by atoms with E-state index in [1.165, 1.54) is 0 Å². The number of rotatable bonds is 6. The number of hydrogen-bond donors (Lipinski definition) is 2. The highest BCUT2D eigenvalue weighted by molar-refractivity contribution is 7.80. The predicted octanol–water partition coefficient (Wildman–Crippen LogP) is 2.91. The van der Waals surface area contributed by atoms with Crippen molar-refractivity contribution in [1.29, 1.82) is 0 Å². The molecule has 0 unspecified atom stereocenters. The molecule has 9 heteroatoms. The quantitative estimate of drug-likeness (QED) is 0.469. The number of pyridine rings is 1. The molecule has 2 aromatic carbocycles. The Labute approximate surface area is 171 Å². The number of nitrogens with one attached hydrogen (secondary N) is 2. The Balaban J connectivity index is 1.63. The van der Waals surface area contributed by atoms with Gasteiger partial charge in [-0.25, -0.2) is 4.63 Å². The molecule has 0 saturated carbocycles. The van der Waals surface area contributed by atoms with E-state index in [1.54, 1.807) is 13.2 Å². The van der Waals surface area contributed by atoms with E-state index in [0.29, 0.717) is 41.5 Å². The summed E-state index contributed by atoms with van der Waals surface area (Å²) >= 11 is 5.66. The van der Waals surface area contributed by atoms with Crippen LogP contribution in [0.15, 0.2) is 58.0 Å². The summed E-state index contributed by atoms with van der Waals surface area (Å²) in [7, 11) is 1.64. The minimum Gasteiger partial charge on any atom is -0.383 e. The second-order valence-corrected chi connectivity index (χ2v) is 6.87. The molecule has 2 heterocycles. The van der Waals surface area contributed by atoms with Crippen molar-refractivity contribution in [3.8, 4) is 0 Å². The van der Waals surface area contributed by atoms with Crippen LogP contribution in [-0.2, 0) is 11.3 Å². The van der Waals surface area contributed by atoms with Crippen molar-refractivity contribution in [2.24, 2.45) is 0 Å². The molecule has 2 aromatic heterocycles. The molecule has 0 spiro atoms. The third kappa shape index (κ3) is 4.10. The normalized spacial score (nSPS) is 11.1. The predicted molar refractivity (Wildman–Crippen MR) is 115 cm³/mol. The Kier molecular flexibility index (Phi) is 5.50. The smallest absolute Gasteiger partial charge is 0.248 e. The van der Waals surface area contributed by atoms with Gasteiger partial charge in [0.15, 0.2) is 10.6 Å². The average molecular weight is 409 g/mol. The maximum Gasteiger partial charge on any atom is 0.248 e. The third-order valence-electron chi connectivity index (χ3n) is 4.58. The summed E-state index contributed by atoms with van der Waals surface area (Å²) in [6, 6.07) is 14.8. The largest absolute Gasteiger partial charge is 0.383 e. The summed E-state index contributed by atoms with van der Waals surface area (Å²) < 4.78 is 10.1. The van der Waals surface area contributed by atoms with Crippen molar-refractivity contribution in [3.05, 3.63) is 64.4 Å². The van der Waals surface area contributed by atoms with Crippen molar-refractivity contribution < 1.29 is 9.37 Å². The second kappa shape index (κ2) is 8.38. The number of hydrogen-bond acceptors (Lipinski definition) is 6. The number of H-pyrrole nitrogens is 1. The highest BCUT2D eigenvalue weighted by atomic mass is 32.1. The second-order valence-electron chi connectivity index (χ2n) is 6.49. The molecule has 0 aliphatic heterocycles.